The molecule has 0 radical (unpaired) electrons. The van der Waals surface area contributed by atoms with E-state index in [1.807, 2.05) is 0 Å². The van der Waals surface area contributed by atoms with E-state index in [1.165, 1.54) is 0 Å². The summed E-state index contributed by atoms with van der Waals surface area (Å²) in [5.41, 5.74) is 0. The average Bonchev–Trinajstić information content (AvgIpc) is 1.77. The van der Waals surface area contributed by atoms with Gasteiger partial charge in [-0.15, -0.1) is 0 Å². The number of alkyl halides is 1. The zero-order valence-corrected chi connectivity index (χ0v) is 6.10. The van der Waals surface area contributed by atoms with Crippen molar-refractivity contribution in [3.05, 3.63) is 0 Å². The predicted molar refractivity (Wildman–Crippen MR) is 33.9 cm³/mol. The number of hydrogen-bond acceptors (Lipinski definition) is 2. The predicted octanol–water partition coefficient (Wildman–Crippen LogP) is 0.879. The number of aliphatic hydroxyl groups excluding tert-OH is 1. The van der Waals surface area contributed by atoms with E-state index in [0.717, 1.165) is 12.8 Å². The lowest BCUT2D eigenvalue weighted by Gasteiger charge is -2.22. The van der Waals surface area contributed by atoms with Crippen LogP contribution in [-0.4, -0.2) is 22.8 Å². The van der Waals surface area contributed by atoms with Crippen molar-refractivity contribution < 1.29 is 9.84 Å². The van der Waals surface area contributed by atoms with Crippen LogP contribution in [0, 0.1) is 0 Å². The van der Waals surface area contributed by atoms with E-state index in [-0.39, 0.29) is 4.83 Å². The summed E-state index contributed by atoms with van der Waals surface area (Å²) in [7, 11) is 0. The second-order valence-electron chi connectivity index (χ2n) is 1.92. The van der Waals surface area contributed by atoms with Gasteiger partial charge in [0.2, 0.25) is 0 Å². The molecule has 0 aromatic carbocycles. The van der Waals surface area contributed by atoms with E-state index in [9.17, 15) is 0 Å². The molecular weight excluding hydrogens is 172 g/mol. The molecule has 1 heterocycles. The van der Waals surface area contributed by atoms with E-state index in [1.54, 1.807) is 0 Å². The summed E-state index contributed by atoms with van der Waals surface area (Å²) in [6.45, 7) is 0.698. The minimum Gasteiger partial charge on any atom is -0.367 e. The Morgan fingerprint density at radius 1 is 1.62 bits per heavy atom. The summed E-state index contributed by atoms with van der Waals surface area (Å²) < 4.78 is 4.90. The molecule has 2 atom stereocenters. The zero-order chi connectivity index (χ0) is 5.98. The highest BCUT2D eigenvalue weighted by Crippen LogP contribution is 2.18. The zero-order valence-electron chi connectivity index (χ0n) is 4.51. The van der Waals surface area contributed by atoms with E-state index >= 15 is 0 Å². The molecule has 1 fully saturated rings. The lowest BCUT2D eigenvalue weighted by molar-refractivity contribution is -0.117. The molecule has 1 N–H and O–H groups in total. The smallest absolute Gasteiger partial charge is 0.167 e. The van der Waals surface area contributed by atoms with Gasteiger partial charge in [-0.2, -0.15) is 0 Å². The minimum atomic E-state index is -0.580. The SMILES string of the molecule is OC1OCCC[C@H]1Br. The van der Waals surface area contributed by atoms with Gasteiger partial charge < -0.3 is 9.84 Å². The molecule has 1 aliphatic rings. The summed E-state index contributed by atoms with van der Waals surface area (Å²) in [5, 5.41) is 8.91. The Kier molecular flexibility index (Phi) is 2.28. The van der Waals surface area contributed by atoms with Crippen LogP contribution in [0.1, 0.15) is 12.8 Å². The molecular formula is C5H9BrO2. The maximum Gasteiger partial charge on any atom is 0.167 e. The largest absolute Gasteiger partial charge is 0.367 e. The Labute approximate surface area is 57.0 Å². The van der Waals surface area contributed by atoms with Gasteiger partial charge >= 0.3 is 0 Å². The molecule has 48 valence electrons. The molecule has 0 aromatic rings. The molecule has 2 nitrogen and oxygen atoms in total. The minimum absolute atomic E-state index is 0.149. The van der Waals surface area contributed by atoms with Gasteiger partial charge in [0.05, 0.1) is 4.83 Å². The third-order valence-corrected chi connectivity index (χ3v) is 2.13. The highest BCUT2D eigenvalue weighted by molar-refractivity contribution is 9.09. The Morgan fingerprint density at radius 2 is 2.38 bits per heavy atom. The molecule has 0 aromatic heterocycles. The Bertz CT molecular complexity index is 66.8. The van der Waals surface area contributed by atoms with Crippen LogP contribution in [0.2, 0.25) is 0 Å². The average molecular weight is 181 g/mol. The molecule has 8 heavy (non-hydrogen) atoms. The number of rotatable bonds is 0. The lowest BCUT2D eigenvalue weighted by atomic mass is 10.2. The normalized spacial score (nSPS) is 39.8. The molecule has 1 aliphatic heterocycles. The van der Waals surface area contributed by atoms with Crippen LogP contribution >= 0.6 is 15.9 Å². The molecule has 0 bridgehead atoms. The van der Waals surface area contributed by atoms with Gasteiger partial charge in [-0.25, -0.2) is 0 Å². The Morgan fingerprint density at radius 3 is 2.75 bits per heavy atom. The highest BCUT2D eigenvalue weighted by Gasteiger charge is 2.19. The summed E-state index contributed by atoms with van der Waals surface area (Å²) in [4.78, 5) is 0.149. The first-order chi connectivity index (χ1) is 3.80. The molecule has 1 unspecified atom stereocenters. The van der Waals surface area contributed by atoms with Crippen molar-refractivity contribution in [3.8, 4) is 0 Å². The first-order valence-electron chi connectivity index (χ1n) is 2.74. The Hall–Kier alpha value is 0.400. The maximum absolute atomic E-state index is 8.91. The molecule has 0 amide bonds. The first-order valence-corrected chi connectivity index (χ1v) is 3.66. The van der Waals surface area contributed by atoms with Crippen LogP contribution < -0.4 is 0 Å². The summed E-state index contributed by atoms with van der Waals surface area (Å²) in [5.74, 6) is 0. The van der Waals surface area contributed by atoms with Crippen molar-refractivity contribution in [2.45, 2.75) is 24.0 Å². The van der Waals surface area contributed by atoms with Crippen LogP contribution in [0.3, 0.4) is 0 Å². The molecule has 1 saturated heterocycles. The van der Waals surface area contributed by atoms with Gasteiger partial charge in [-0.3, -0.25) is 0 Å². The van der Waals surface area contributed by atoms with E-state index in [2.05, 4.69) is 15.9 Å². The maximum atomic E-state index is 8.91. The van der Waals surface area contributed by atoms with Crippen molar-refractivity contribution in [1.82, 2.24) is 0 Å². The summed E-state index contributed by atoms with van der Waals surface area (Å²) in [6, 6.07) is 0. The van der Waals surface area contributed by atoms with Crippen LogP contribution in [-0.2, 0) is 4.74 Å². The monoisotopic (exact) mass is 180 g/mol. The number of aliphatic hydroxyl groups is 1. The van der Waals surface area contributed by atoms with Crippen molar-refractivity contribution in [2.24, 2.45) is 0 Å². The fraction of sp³-hybridized carbons (Fsp3) is 1.00. The fourth-order valence-electron chi connectivity index (χ4n) is 0.729. The van der Waals surface area contributed by atoms with Crippen LogP contribution in [0.15, 0.2) is 0 Å². The van der Waals surface area contributed by atoms with Crippen LogP contribution in [0.25, 0.3) is 0 Å². The van der Waals surface area contributed by atoms with Crippen molar-refractivity contribution >= 4 is 15.9 Å². The van der Waals surface area contributed by atoms with Gasteiger partial charge in [0.1, 0.15) is 0 Å². The van der Waals surface area contributed by atoms with Crippen molar-refractivity contribution in [2.75, 3.05) is 6.61 Å². The van der Waals surface area contributed by atoms with Gasteiger partial charge in [-0.1, -0.05) is 15.9 Å². The van der Waals surface area contributed by atoms with E-state index in [4.69, 9.17) is 9.84 Å². The van der Waals surface area contributed by atoms with Gasteiger partial charge in [0, 0.05) is 6.61 Å². The Balaban J connectivity index is 2.28. The molecule has 0 saturated carbocycles. The summed E-state index contributed by atoms with van der Waals surface area (Å²) in [6.07, 6.45) is 1.48. The molecule has 0 aliphatic carbocycles. The van der Waals surface area contributed by atoms with E-state index < -0.39 is 6.29 Å². The fourth-order valence-corrected chi connectivity index (χ4v) is 1.21. The third-order valence-electron chi connectivity index (χ3n) is 1.22. The third kappa shape index (κ3) is 1.44. The number of halogens is 1. The van der Waals surface area contributed by atoms with Gasteiger partial charge in [0.15, 0.2) is 6.29 Å². The molecule has 3 heteroatoms. The second kappa shape index (κ2) is 2.80. The molecule has 0 spiro atoms. The standard InChI is InChI=1S/C5H9BrO2/c6-4-2-1-3-8-5(4)7/h4-5,7H,1-3H2/t4-,5?/m1/s1. The van der Waals surface area contributed by atoms with Crippen LogP contribution in [0.5, 0.6) is 0 Å². The number of hydrogen-bond donors (Lipinski definition) is 1. The molecule has 1 rings (SSSR count). The van der Waals surface area contributed by atoms with Gasteiger partial charge in [0.25, 0.3) is 0 Å². The van der Waals surface area contributed by atoms with Crippen molar-refractivity contribution in [3.63, 3.8) is 0 Å². The van der Waals surface area contributed by atoms with Gasteiger partial charge in [-0.05, 0) is 12.8 Å². The highest BCUT2D eigenvalue weighted by atomic mass is 79.9. The number of ether oxygens (including phenoxy) is 1. The quantitative estimate of drug-likeness (QED) is 0.562. The lowest BCUT2D eigenvalue weighted by Crippen LogP contribution is -2.28. The summed E-state index contributed by atoms with van der Waals surface area (Å²) >= 11 is 3.28. The second-order valence-corrected chi connectivity index (χ2v) is 3.10. The first kappa shape index (κ1) is 6.52. The van der Waals surface area contributed by atoms with Crippen molar-refractivity contribution in [1.29, 1.82) is 0 Å². The van der Waals surface area contributed by atoms with E-state index in [0.29, 0.717) is 6.61 Å². The topological polar surface area (TPSA) is 29.5 Å². The van der Waals surface area contributed by atoms with Crippen LogP contribution in [0.4, 0.5) is 0 Å².